The number of nitrogens with zero attached hydrogens (tertiary/aromatic N) is 1. The molecule has 2 saturated carbocycles. The summed E-state index contributed by atoms with van der Waals surface area (Å²) in [4.78, 5) is 4.42. The zero-order chi connectivity index (χ0) is 30.5. The van der Waals surface area contributed by atoms with Crippen molar-refractivity contribution in [2.45, 2.75) is 51.6 Å². The first-order valence-electron chi connectivity index (χ1n) is 14.3. The predicted molar refractivity (Wildman–Crippen MR) is 152 cm³/mol. The van der Waals surface area contributed by atoms with Gasteiger partial charge in [0.2, 0.25) is 0 Å². The Kier molecular flexibility index (Phi) is 8.00. The Labute approximate surface area is 248 Å². The van der Waals surface area contributed by atoms with Crippen molar-refractivity contribution >= 4 is 27.6 Å². The van der Waals surface area contributed by atoms with Gasteiger partial charge >= 0.3 is 6.11 Å². The molecule has 0 amide bonds. The molecular weight excluding hydrogens is 591 g/mol. The number of ether oxygens (including phenoxy) is 1. The van der Waals surface area contributed by atoms with Gasteiger partial charge in [-0.2, -0.15) is 8.78 Å². The molecule has 2 fully saturated rings. The highest BCUT2D eigenvalue weighted by Gasteiger charge is 2.42. The lowest BCUT2D eigenvalue weighted by Gasteiger charge is -2.40. The average molecular weight is 620 g/mol. The minimum atomic E-state index is -4.66. The lowest BCUT2D eigenvalue weighted by Crippen LogP contribution is -2.29. The number of aromatic nitrogens is 1. The molecule has 6 rings (SSSR count). The second-order valence-corrected chi connectivity index (χ2v) is 12.8. The third-order valence-corrected chi connectivity index (χ3v) is 9.74. The molecule has 43 heavy (non-hydrogen) atoms. The summed E-state index contributed by atoms with van der Waals surface area (Å²) in [6.07, 6.45) is 7.36. The monoisotopic (exact) mass is 619 g/mol. The van der Waals surface area contributed by atoms with Crippen LogP contribution in [0.1, 0.15) is 56.6 Å². The molecule has 0 saturated heterocycles. The number of hydrogen-bond donors (Lipinski definition) is 0. The molecule has 0 radical (unpaired) electrons. The van der Waals surface area contributed by atoms with Crippen molar-refractivity contribution in [2.24, 2.45) is 23.7 Å². The quantitative estimate of drug-likeness (QED) is 0.158. The van der Waals surface area contributed by atoms with Gasteiger partial charge in [-0.3, -0.25) is 0 Å². The van der Waals surface area contributed by atoms with Crippen molar-refractivity contribution in [3.8, 4) is 16.3 Å². The Morgan fingerprint density at radius 1 is 0.837 bits per heavy atom. The van der Waals surface area contributed by atoms with Gasteiger partial charge in [0.25, 0.3) is 0 Å². The van der Waals surface area contributed by atoms with E-state index in [1.165, 1.54) is 38.5 Å². The van der Waals surface area contributed by atoms with E-state index in [4.69, 9.17) is 0 Å². The lowest BCUT2D eigenvalue weighted by atomic mass is 9.65. The van der Waals surface area contributed by atoms with Gasteiger partial charge in [0.15, 0.2) is 17.5 Å². The summed E-state index contributed by atoms with van der Waals surface area (Å²) in [6.45, 7) is 2.35. The fraction of sp³-hybridized carbons (Fsp3) is 0.364. The summed E-state index contributed by atoms with van der Waals surface area (Å²) in [5.74, 6) is -6.89. The highest BCUT2D eigenvalue weighted by atomic mass is 32.1. The molecule has 0 spiro atoms. The van der Waals surface area contributed by atoms with Crippen LogP contribution in [0, 0.1) is 52.8 Å². The number of benzene rings is 3. The standard InChI is InChI=1S/C33H28F7NOS/c1-17-2-7-21-11-18(5-8-20(21)10-17)3-4-19-6-9-28-29(12-19)43-32(41-28)22-13-24(34)30(25(35)14-22)33(39,40)42-23-15-26(36)31(38)27(37)16-23/h3-4,6,9,12-18,20-21H,2,5,7-8,10-11H2,1H3/b4-3+. The fourth-order valence-corrected chi connectivity index (χ4v) is 7.52. The lowest BCUT2D eigenvalue weighted by molar-refractivity contribution is -0.189. The van der Waals surface area contributed by atoms with Crippen LogP contribution in [0.25, 0.3) is 26.9 Å². The van der Waals surface area contributed by atoms with E-state index in [-0.39, 0.29) is 22.7 Å². The average Bonchev–Trinajstić information content (AvgIpc) is 3.37. The number of fused-ring (bicyclic) bond motifs is 2. The minimum Gasteiger partial charge on any atom is -0.429 e. The van der Waals surface area contributed by atoms with Crippen LogP contribution in [0.15, 0.2) is 48.5 Å². The molecule has 4 atom stereocenters. The first-order chi connectivity index (χ1) is 20.5. The van der Waals surface area contributed by atoms with E-state index >= 15 is 0 Å². The Morgan fingerprint density at radius 2 is 1.51 bits per heavy atom. The molecule has 0 aliphatic heterocycles. The first kappa shape index (κ1) is 29.7. The molecule has 3 aromatic carbocycles. The summed E-state index contributed by atoms with van der Waals surface area (Å²) in [7, 11) is 0. The maximum absolute atomic E-state index is 14.9. The summed E-state index contributed by atoms with van der Waals surface area (Å²) >= 11 is 1.16. The third kappa shape index (κ3) is 6.16. The molecule has 2 nitrogen and oxygen atoms in total. The molecule has 1 heterocycles. The number of rotatable bonds is 6. The Hall–Kier alpha value is -3.40. The van der Waals surface area contributed by atoms with Gasteiger partial charge in [-0.05, 0) is 85.6 Å². The fourth-order valence-electron chi connectivity index (χ4n) is 6.52. The van der Waals surface area contributed by atoms with Crippen molar-refractivity contribution < 1.29 is 35.5 Å². The van der Waals surface area contributed by atoms with Crippen LogP contribution in [0.3, 0.4) is 0 Å². The predicted octanol–water partition coefficient (Wildman–Crippen LogP) is 10.7. The van der Waals surface area contributed by atoms with Crippen molar-refractivity contribution in [1.29, 1.82) is 0 Å². The van der Waals surface area contributed by atoms with Crippen LogP contribution >= 0.6 is 11.3 Å². The van der Waals surface area contributed by atoms with E-state index in [1.54, 1.807) is 6.07 Å². The maximum Gasteiger partial charge on any atom is 0.432 e. The number of hydrogen-bond acceptors (Lipinski definition) is 3. The van der Waals surface area contributed by atoms with E-state index in [2.05, 4.69) is 28.8 Å². The van der Waals surface area contributed by atoms with E-state index in [0.29, 0.717) is 23.6 Å². The van der Waals surface area contributed by atoms with E-state index < -0.39 is 46.5 Å². The van der Waals surface area contributed by atoms with Gasteiger partial charge in [0.1, 0.15) is 28.0 Å². The van der Waals surface area contributed by atoms with Crippen LogP contribution in [-0.4, -0.2) is 4.98 Å². The van der Waals surface area contributed by atoms with Crippen molar-refractivity contribution in [3.05, 3.63) is 88.8 Å². The van der Waals surface area contributed by atoms with Gasteiger partial charge in [-0.15, -0.1) is 11.3 Å². The molecular formula is C33H28F7NOS. The largest absolute Gasteiger partial charge is 0.432 e. The second kappa shape index (κ2) is 11.6. The van der Waals surface area contributed by atoms with E-state index in [1.807, 2.05) is 12.1 Å². The smallest absolute Gasteiger partial charge is 0.429 e. The van der Waals surface area contributed by atoms with Crippen LogP contribution in [0.2, 0.25) is 0 Å². The molecule has 0 bridgehead atoms. The van der Waals surface area contributed by atoms with Gasteiger partial charge in [-0.25, -0.2) is 26.9 Å². The van der Waals surface area contributed by atoms with E-state index in [9.17, 15) is 30.7 Å². The van der Waals surface area contributed by atoms with E-state index in [0.717, 1.165) is 39.4 Å². The highest BCUT2D eigenvalue weighted by Crippen LogP contribution is 2.45. The van der Waals surface area contributed by atoms with Crippen LogP contribution in [0.4, 0.5) is 30.7 Å². The summed E-state index contributed by atoms with van der Waals surface area (Å²) in [5.41, 5.74) is -0.259. The summed E-state index contributed by atoms with van der Waals surface area (Å²) in [6, 6.07) is 7.36. The third-order valence-electron chi connectivity index (χ3n) is 8.67. The van der Waals surface area contributed by atoms with Gasteiger partial charge in [-0.1, -0.05) is 31.6 Å². The zero-order valence-corrected chi connectivity index (χ0v) is 24.0. The number of halogens is 7. The zero-order valence-electron chi connectivity index (χ0n) is 23.2. The Bertz CT molecular complexity index is 1650. The van der Waals surface area contributed by atoms with Crippen LogP contribution in [-0.2, 0) is 6.11 Å². The second-order valence-electron chi connectivity index (χ2n) is 11.8. The van der Waals surface area contributed by atoms with Crippen LogP contribution < -0.4 is 4.74 Å². The molecule has 2 aliphatic carbocycles. The number of thiazole rings is 1. The first-order valence-corrected chi connectivity index (χ1v) is 15.1. The summed E-state index contributed by atoms with van der Waals surface area (Å²) < 4.78 is 104. The highest BCUT2D eigenvalue weighted by molar-refractivity contribution is 7.21. The Morgan fingerprint density at radius 3 is 2.23 bits per heavy atom. The Balaban J connectivity index is 1.19. The van der Waals surface area contributed by atoms with Gasteiger partial charge in [0.05, 0.1) is 10.2 Å². The topological polar surface area (TPSA) is 22.1 Å². The summed E-state index contributed by atoms with van der Waals surface area (Å²) in [5, 5.41) is 0.220. The van der Waals surface area contributed by atoms with Crippen molar-refractivity contribution in [1.82, 2.24) is 4.98 Å². The molecule has 1 aromatic heterocycles. The van der Waals surface area contributed by atoms with Gasteiger partial charge < -0.3 is 4.74 Å². The maximum atomic E-state index is 14.9. The van der Waals surface area contributed by atoms with Crippen molar-refractivity contribution in [3.63, 3.8) is 0 Å². The molecule has 4 aromatic rings. The molecule has 4 unspecified atom stereocenters. The molecule has 10 heteroatoms. The SMILES string of the molecule is CC1CCC2CC(/C=C/c3ccc4nc(-c5cc(F)c(C(F)(F)Oc6cc(F)c(F)c(F)c6)c(F)c5)sc4c3)CCC2C1. The van der Waals surface area contributed by atoms with Crippen LogP contribution in [0.5, 0.6) is 5.75 Å². The normalized spacial score (nSPS) is 22.7. The number of alkyl halides is 2. The molecule has 0 N–H and O–H groups in total. The molecule has 226 valence electrons. The van der Waals surface area contributed by atoms with Gasteiger partial charge in [0, 0.05) is 17.7 Å². The number of allylic oxidation sites excluding steroid dienone is 1. The van der Waals surface area contributed by atoms with Crippen molar-refractivity contribution in [2.75, 3.05) is 0 Å². The molecule has 2 aliphatic rings. The minimum absolute atomic E-state index is 0.0646.